The lowest BCUT2D eigenvalue weighted by Gasteiger charge is -2.58. The summed E-state index contributed by atoms with van der Waals surface area (Å²) in [6.07, 6.45) is 5.86. The van der Waals surface area contributed by atoms with Crippen LogP contribution in [0.5, 0.6) is 0 Å². The number of ether oxygens (including phenoxy) is 1. The molecule has 5 nitrogen and oxygen atoms in total. The fourth-order valence-electron chi connectivity index (χ4n) is 4.32. The second kappa shape index (κ2) is 6.48. The van der Waals surface area contributed by atoms with Crippen molar-refractivity contribution in [1.82, 2.24) is 15.2 Å². The minimum atomic E-state index is 0.0270. The summed E-state index contributed by atoms with van der Waals surface area (Å²) in [4.78, 5) is 18.9. The summed E-state index contributed by atoms with van der Waals surface area (Å²) in [6, 6.07) is 4.16. The molecule has 1 saturated carbocycles. The number of carbonyl (C=O) groups excluding carboxylic acids is 1. The molecule has 126 valence electrons. The number of hydrogen-bond acceptors (Lipinski definition) is 3. The first-order valence-electron chi connectivity index (χ1n) is 8.60. The normalized spacial score (nSPS) is 27.9. The maximum atomic E-state index is 12.8. The highest BCUT2D eigenvalue weighted by atomic mass is 16.5. The van der Waals surface area contributed by atoms with Gasteiger partial charge in [0, 0.05) is 49.5 Å². The second-order valence-electron chi connectivity index (χ2n) is 7.22. The molecule has 3 atom stereocenters. The molecule has 1 aromatic heterocycles. The van der Waals surface area contributed by atoms with Crippen molar-refractivity contribution in [3.05, 3.63) is 30.1 Å². The third kappa shape index (κ3) is 2.94. The van der Waals surface area contributed by atoms with Crippen LogP contribution in [0.25, 0.3) is 0 Å². The summed E-state index contributed by atoms with van der Waals surface area (Å²) >= 11 is 0. The predicted octanol–water partition coefficient (Wildman–Crippen LogP) is 2.82. The number of fused-ring (bicyclic) bond motifs is 1. The Morgan fingerprint density at radius 1 is 1.52 bits per heavy atom. The third-order valence-corrected chi connectivity index (χ3v) is 5.27. The fraction of sp³-hybridized carbons (Fsp3) is 0.667. The van der Waals surface area contributed by atoms with E-state index in [0.717, 1.165) is 31.6 Å². The average molecular weight is 317 g/mol. The van der Waals surface area contributed by atoms with Gasteiger partial charge in [0.1, 0.15) is 0 Å². The highest BCUT2D eigenvalue weighted by molar-refractivity contribution is 5.75. The lowest BCUT2D eigenvalue weighted by Crippen LogP contribution is -2.68. The van der Waals surface area contributed by atoms with Crippen molar-refractivity contribution in [3.63, 3.8) is 0 Å². The number of pyridine rings is 1. The third-order valence-electron chi connectivity index (χ3n) is 5.27. The van der Waals surface area contributed by atoms with Gasteiger partial charge in [-0.2, -0.15) is 0 Å². The molecule has 2 amide bonds. The maximum absolute atomic E-state index is 12.8. The van der Waals surface area contributed by atoms with Crippen LogP contribution >= 0.6 is 0 Å². The molecular formula is C18H27N3O2. The Bertz CT molecular complexity index is 546. The zero-order chi connectivity index (χ0) is 16.4. The van der Waals surface area contributed by atoms with Crippen LogP contribution in [0.2, 0.25) is 0 Å². The van der Waals surface area contributed by atoms with Crippen LogP contribution in [0.15, 0.2) is 24.5 Å². The first-order valence-corrected chi connectivity index (χ1v) is 8.60. The van der Waals surface area contributed by atoms with Crippen molar-refractivity contribution in [2.75, 3.05) is 13.2 Å². The summed E-state index contributed by atoms with van der Waals surface area (Å²) in [5.41, 5.74) is 1.05. The van der Waals surface area contributed by atoms with Crippen molar-refractivity contribution < 1.29 is 9.53 Å². The Balaban J connectivity index is 1.67. The second-order valence-corrected chi connectivity index (χ2v) is 7.22. The SMILES string of the molecule is CCCN(C(=O)NCc1cccnc1)[C@@H]1[C@@H]2CCO[C@@H]2C1(C)C. The van der Waals surface area contributed by atoms with Crippen molar-refractivity contribution in [2.45, 2.75) is 52.3 Å². The van der Waals surface area contributed by atoms with Crippen molar-refractivity contribution in [3.8, 4) is 0 Å². The van der Waals surface area contributed by atoms with Crippen LogP contribution in [0.1, 0.15) is 39.2 Å². The van der Waals surface area contributed by atoms with E-state index in [4.69, 9.17) is 4.74 Å². The van der Waals surface area contributed by atoms with Crippen LogP contribution < -0.4 is 5.32 Å². The minimum absolute atomic E-state index is 0.0270. The van der Waals surface area contributed by atoms with Gasteiger partial charge in [-0.1, -0.05) is 26.8 Å². The number of carbonyl (C=O) groups is 1. The molecule has 23 heavy (non-hydrogen) atoms. The largest absolute Gasteiger partial charge is 0.377 e. The number of nitrogens with zero attached hydrogens (tertiary/aromatic N) is 2. The fourth-order valence-corrected chi connectivity index (χ4v) is 4.32. The van der Waals surface area contributed by atoms with Gasteiger partial charge in [-0.25, -0.2) is 4.79 Å². The van der Waals surface area contributed by atoms with Gasteiger partial charge in [0.15, 0.2) is 0 Å². The van der Waals surface area contributed by atoms with E-state index < -0.39 is 0 Å². The molecule has 0 unspecified atom stereocenters. The average Bonchev–Trinajstić information content (AvgIpc) is 2.99. The molecule has 3 rings (SSSR count). The van der Waals surface area contributed by atoms with Crippen molar-refractivity contribution in [1.29, 1.82) is 0 Å². The van der Waals surface area contributed by atoms with Gasteiger partial charge in [0.2, 0.25) is 0 Å². The van der Waals surface area contributed by atoms with E-state index >= 15 is 0 Å². The number of nitrogens with one attached hydrogen (secondary N) is 1. The number of rotatable bonds is 5. The molecule has 2 fully saturated rings. The van der Waals surface area contributed by atoms with Gasteiger partial charge < -0.3 is 15.0 Å². The Morgan fingerprint density at radius 3 is 3.04 bits per heavy atom. The van der Waals surface area contributed by atoms with Crippen LogP contribution in [-0.4, -0.2) is 41.2 Å². The minimum Gasteiger partial charge on any atom is -0.377 e. The number of amides is 2. The molecule has 0 bridgehead atoms. The van der Waals surface area contributed by atoms with Gasteiger partial charge in [0.25, 0.3) is 0 Å². The maximum Gasteiger partial charge on any atom is 0.317 e. The van der Waals surface area contributed by atoms with E-state index in [9.17, 15) is 4.79 Å². The summed E-state index contributed by atoms with van der Waals surface area (Å²) in [7, 11) is 0. The van der Waals surface area contributed by atoms with Gasteiger partial charge in [-0.05, 0) is 24.5 Å². The van der Waals surface area contributed by atoms with Crippen LogP contribution in [0, 0.1) is 11.3 Å². The lowest BCUT2D eigenvalue weighted by atomic mass is 9.56. The molecule has 1 N–H and O–H groups in total. The lowest BCUT2D eigenvalue weighted by molar-refractivity contribution is -0.143. The van der Waals surface area contributed by atoms with E-state index in [2.05, 4.69) is 31.1 Å². The number of aromatic nitrogens is 1. The number of urea groups is 1. The Hall–Kier alpha value is -1.62. The summed E-state index contributed by atoms with van der Waals surface area (Å²) in [5, 5.41) is 3.06. The Morgan fingerprint density at radius 2 is 2.35 bits per heavy atom. The molecule has 2 aliphatic rings. The highest BCUT2D eigenvalue weighted by Gasteiger charge is 2.61. The Labute approximate surface area is 138 Å². The van der Waals surface area contributed by atoms with Crippen LogP contribution in [0.4, 0.5) is 4.79 Å². The molecule has 0 radical (unpaired) electrons. The molecule has 1 aromatic rings. The van der Waals surface area contributed by atoms with E-state index in [-0.39, 0.29) is 17.5 Å². The van der Waals surface area contributed by atoms with Crippen LogP contribution in [-0.2, 0) is 11.3 Å². The zero-order valence-corrected chi connectivity index (χ0v) is 14.3. The smallest absolute Gasteiger partial charge is 0.317 e. The van der Waals surface area contributed by atoms with Crippen molar-refractivity contribution in [2.24, 2.45) is 11.3 Å². The number of hydrogen-bond donors (Lipinski definition) is 1. The molecule has 1 saturated heterocycles. The molecule has 0 spiro atoms. The molecule has 5 heteroatoms. The van der Waals surface area contributed by atoms with Gasteiger partial charge in [-0.3, -0.25) is 4.98 Å². The predicted molar refractivity (Wildman–Crippen MR) is 88.9 cm³/mol. The van der Waals surface area contributed by atoms with E-state index in [0.29, 0.717) is 18.6 Å². The van der Waals surface area contributed by atoms with E-state index in [1.165, 1.54) is 0 Å². The summed E-state index contributed by atoms with van der Waals surface area (Å²) < 4.78 is 5.87. The van der Waals surface area contributed by atoms with E-state index in [1.807, 2.05) is 17.0 Å². The molecule has 1 aliphatic heterocycles. The Kier molecular flexibility index (Phi) is 4.57. The molecule has 1 aliphatic carbocycles. The summed E-state index contributed by atoms with van der Waals surface area (Å²) in [5.74, 6) is 0.487. The van der Waals surface area contributed by atoms with Crippen molar-refractivity contribution >= 4 is 6.03 Å². The van der Waals surface area contributed by atoms with E-state index in [1.54, 1.807) is 12.4 Å². The topological polar surface area (TPSA) is 54.5 Å². The molecule has 2 heterocycles. The quantitative estimate of drug-likeness (QED) is 0.908. The van der Waals surface area contributed by atoms with Gasteiger partial charge in [0.05, 0.1) is 6.10 Å². The zero-order valence-electron chi connectivity index (χ0n) is 14.3. The van der Waals surface area contributed by atoms with Crippen LogP contribution in [0.3, 0.4) is 0 Å². The first-order chi connectivity index (χ1) is 11.1. The molecular weight excluding hydrogens is 290 g/mol. The summed E-state index contributed by atoms with van der Waals surface area (Å²) in [6.45, 7) is 8.70. The highest BCUT2D eigenvalue weighted by Crippen LogP contribution is 2.54. The first kappa shape index (κ1) is 16.2. The van der Waals surface area contributed by atoms with Gasteiger partial charge >= 0.3 is 6.03 Å². The monoisotopic (exact) mass is 317 g/mol. The van der Waals surface area contributed by atoms with Gasteiger partial charge in [-0.15, -0.1) is 0 Å². The standard InChI is InChI=1S/C18H27N3O2/c1-4-9-21(15-14-7-10-23-16(14)18(15,2)3)17(22)20-12-13-6-5-8-19-11-13/h5-6,8,11,14-16H,4,7,9-10,12H2,1-3H3,(H,20,22)/t14-,15+,16-/m0/s1. The molecule has 0 aromatic carbocycles.